The third-order valence-corrected chi connectivity index (χ3v) is 6.33. The first-order valence-corrected chi connectivity index (χ1v) is 8.03. The smallest absolute Gasteiger partial charge is 1.00 e. The quantitative estimate of drug-likeness (QED) is 0.518. The number of rotatable bonds is 1. The minimum atomic E-state index is 0. The molecule has 3 aliphatic carbocycles. The Morgan fingerprint density at radius 1 is 1.05 bits per heavy atom. The molecule has 3 rings (SSSR count). The molecule has 4 atom stereocenters. The monoisotopic (exact) mass is 371 g/mol. The van der Waals surface area contributed by atoms with Crippen molar-refractivity contribution in [3.8, 4) is 0 Å². The summed E-state index contributed by atoms with van der Waals surface area (Å²) >= 11 is 1.72. The van der Waals surface area contributed by atoms with Crippen LogP contribution in [0.3, 0.4) is 0 Å². The average molecular weight is 373 g/mol. The zero-order chi connectivity index (χ0) is 12.0. The standard InChI is InChI=1S/C16H19.2ClH.Zr/c1-11-7-9-14(12(11)2)16-10-8-13-5-3-4-6-15(13)16;;;/h3-8,13,15-16H,9-10H2,1-2H3;2*1H;/q;;;+2/p-2. The number of halogens is 2. The van der Waals surface area contributed by atoms with E-state index in [-0.39, 0.29) is 24.8 Å². The van der Waals surface area contributed by atoms with E-state index in [4.69, 9.17) is 0 Å². The molecule has 101 valence electrons. The van der Waals surface area contributed by atoms with E-state index in [1.807, 2.05) is 0 Å². The molecule has 0 radical (unpaired) electrons. The van der Waals surface area contributed by atoms with Crippen molar-refractivity contribution in [3.63, 3.8) is 0 Å². The second kappa shape index (κ2) is 6.92. The number of allylic oxidation sites excluding steroid dienone is 8. The first kappa shape index (κ1) is 17.5. The van der Waals surface area contributed by atoms with Crippen molar-refractivity contribution in [1.29, 1.82) is 0 Å². The Morgan fingerprint density at radius 3 is 2.26 bits per heavy atom. The Kier molecular flexibility index (Phi) is 6.37. The summed E-state index contributed by atoms with van der Waals surface area (Å²) in [6, 6.07) is 0. The molecule has 1 fully saturated rings. The summed E-state index contributed by atoms with van der Waals surface area (Å²) in [7, 11) is 0. The van der Waals surface area contributed by atoms with E-state index in [0.29, 0.717) is 0 Å². The third kappa shape index (κ3) is 3.04. The van der Waals surface area contributed by atoms with Crippen LogP contribution in [0.2, 0.25) is 3.63 Å². The van der Waals surface area contributed by atoms with E-state index in [0.717, 1.165) is 21.4 Å². The van der Waals surface area contributed by atoms with Gasteiger partial charge in [0.2, 0.25) is 0 Å². The van der Waals surface area contributed by atoms with Crippen molar-refractivity contribution < 1.29 is 49.5 Å². The largest absolute Gasteiger partial charge is 1.00 e. The molecular formula is C16H19Cl2Zr. The van der Waals surface area contributed by atoms with Crippen LogP contribution in [0.1, 0.15) is 26.7 Å². The summed E-state index contributed by atoms with van der Waals surface area (Å²) in [6.45, 7) is 4.59. The van der Waals surface area contributed by atoms with Crippen LogP contribution in [0.4, 0.5) is 0 Å². The van der Waals surface area contributed by atoms with Gasteiger partial charge in [-0.05, 0) is 0 Å². The van der Waals surface area contributed by atoms with Gasteiger partial charge in [0.1, 0.15) is 0 Å². The fourth-order valence-electron chi connectivity index (χ4n) is 3.66. The number of hydrogen-bond donors (Lipinski definition) is 0. The Hall–Kier alpha value is 0.423. The second-order valence-corrected chi connectivity index (χ2v) is 7.44. The van der Waals surface area contributed by atoms with Gasteiger partial charge in [-0.2, -0.15) is 0 Å². The van der Waals surface area contributed by atoms with E-state index in [9.17, 15) is 0 Å². The first-order chi connectivity index (χ1) is 8.18. The molecule has 0 aliphatic heterocycles. The van der Waals surface area contributed by atoms with Crippen LogP contribution in [-0.2, 0) is 24.7 Å². The fourth-order valence-corrected chi connectivity index (χ4v) is 5.10. The summed E-state index contributed by atoms with van der Waals surface area (Å²) in [5.41, 5.74) is 4.84. The number of fused-ring (bicyclic) bond motifs is 1. The zero-order valence-electron chi connectivity index (χ0n) is 11.4. The molecule has 0 aromatic carbocycles. The summed E-state index contributed by atoms with van der Waals surface area (Å²) in [6.07, 6.45) is 14.5. The van der Waals surface area contributed by atoms with Gasteiger partial charge in [0.25, 0.3) is 0 Å². The van der Waals surface area contributed by atoms with Gasteiger partial charge in [-0.1, -0.05) is 0 Å². The maximum absolute atomic E-state index is 2.47. The van der Waals surface area contributed by atoms with Gasteiger partial charge in [0.05, 0.1) is 0 Å². The van der Waals surface area contributed by atoms with Crippen LogP contribution in [0.15, 0.2) is 47.1 Å². The minimum absolute atomic E-state index is 0. The van der Waals surface area contributed by atoms with Crippen LogP contribution < -0.4 is 24.8 Å². The van der Waals surface area contributed by atoms with E-state index in [2.05, 4.69) is 44.2 Å². The van der Waals surface area contributed by atoms with Crippen LogP contribution >= 0.6 is 0 Å². The van der Waals surface area contributed by atoms with Gasteiger partial charge >= 0.3 is 120 Å². The predicted octanol–water partition coefficient (Wildman–Crippen LogP) is -1.63. The molecule has 1 saturated carbocycles. The Labute approximate surface area is 144 Å². The molecule has 0 aromatic heterocycles. The van der Waals surface area contributed by atoms with Crippen molar-refractivity contribution in [2.75, 3.05) is 0 Å². The van der Waals surface area contributed by atoms with E-state index < -0.39 is 0 Å². The molecule has 0 spiro atoms. The Morgan fingerprint density at radius 2 is 1.68 bits per heavy atom. The fraction of sp³-hybridized carbons (Fsp3) is 0.500. The minimum Gasteiger partial charge on any atom is -1.00 e. The number of hydrogen-bond acceptors (Lipinski definition) is 0. The van der Waals surface area contributed by atoms with Crippen molar-refractivity contribution in [3.05, 3.63) is 47.1 Å². The second-order valence-electron chi connectivity index (χ2n) is 5.61. The molecule has 3 aliphatic rings. The normalized spacial score (nSPS) is 35.7. The van der Waals surface area contributed by atoms with Gasteiger partial charge in [-0.15, -0.1) is 0 Å². The van der Waals surface area contributed by atoms with Gasteiger partial charge < -0.3 is 24.8 Å². The van der Waals surface area contributed by atoms with Gasteiger partial charge in [-0.25, -0.2) is 0 Å². The van der Waals surface area contributed by atoms with Crippen molar-refractivity contribution >= 4 is 0 Å². The molecule has 0 aromatic rings. The molecule has 0 saturated heterocycles. The van der Waals surface area contributed by atoms with E-state index >= 15 is 0 Å². The maximum atomic E-state index is 2.47. The first-order valence-electron chi connectivity index (χ1n) is 6.61. The molecule has 0 nitrogen and oxygen atoms in total. The molecular weight excluding hydrogens is 354 g/mol. The van der Waals surface area contributed by atoms with E-state index in [1.54, 1.807) is 35.9 Å². The third-order valence-electron chi connectivity index (χ3n) is 4.81. The SMILES string of the molecule is CC1=CCC(C2C[CH]([Zr+2])C3C=CC=CC23)=C1C.[Cl-].[Cl-]. The summed E-state index contributed by atoms with van der Waals surface area (Å²) < 4.78 is 0.930. The van der Waals surface area contributed by atoms with Crippen molar-refractivity contribution in [2.45, 2.75) is 30.3 Å². The van der Waals surface area contributed by atoms with Crippen LogP contribution in [-0.4, -0.2) is 0 Å². The molecule has 0 heterocycles. The predicted molar refractivity (Wildman–Crippen MR) is 68.2 cm³/mol. The molecule has 19 heavy (non-hydrogen) atoms. The Bertz CT molecular complexity index is 459. The maximum Gasteiger partial charge on any atom is -1.00 e. The summed E-state index contributed by atoms with van der Waals surface area (Å²) in [4.78, 5) is 0. The average Bonchev–Trinajstić information content (AvgIpc) is 2.83. The van der Waals surface area contributed by atoms with Gasteiger partial charge in [0, 0.05) is 0 Å². The summed E-state index contributed by atoms with van der Waals surface area (Å²) in [5.74, 6) is 2.43. The van der Waals surface area contributed by atoms with Crippen LogP contribution in [0.25, 0.3) is 0 Å². The zero-order valence-corrected chi connectivity index (χ0v) is 15.3. The van der Waals surface area contributed by atoms with Gasteiger partial charge in [0.15, 0.2) is 0 Å². The van der Waals surface area contributed by atoms with Crippen molar-refractivity contribution in [2.24, 2.45) is 17.8 Å². The topological polar surface area (TPSA) is 0 Å². The van der Waals surface area contributed by atoms with Crippen LogP contribution in [0, 0.1) is 17.8 Å². The molecule has 0 amide bonds. The van der Waals surface area contributed by atoms with E-state index in [1.165, 1.54) is 18.4 Å². The molecule has 3 heteroatoms. The Balaban J connectivity index is 0.000000902. The van der Waals surface area contributed by atoms with Crippen molar-refractivity contribution in [1.82, 2.24) is 0 Å². The molecule has 4 unspecified atom stereocenters. The van der Waals surface area contributed by atoms with Crippen LogP contribution in [0.5, 0.6) is 0 Å². The molecule has 0 bridgehead atoms. The molecule has 0 N–H and O–H groups in total. The summed E-state index contributed by atoms with van der Waals surface area (Å²) in [5, 5.41) is 0. The van der Waals surface area contributed by atoms with Gasteiger partial charge in [-0.3, -0.25) is 0 Å².